The van der Waals surface area contributed by atoms with Gasteiger partial charge in [0, 0.05) is 11.5 Å². The lowest BCUT2D eigenvalue weighted by Gasteiger charge is -2.09. The maximum Gasteiger partial charge on any atom is 0.272 e. The molecule has 0 saturated carbocycles. The van der Waals surface area contributed by atoms with Gasteiger partial charge in [-0.25, -0.2) is 0 Å². The molecular formula is C13H11BrCl2N2O. The van der Waals surface area contributed by atoms with E-state index in [1.807, 2.05) is 25.1 Å². The number of aryl methyl sites for hydroxylation is 1. The molecule has 3 nitrogen and oxygen atoms in total. The molecular weight excluding hydrogens is 351 g/mol. The maximum absolute atomic E-state index is 12.2. The molecule has 0 radical (unpaired) electrons. The van der Waals surface area contributed by atoms with Gasteiger partial charge in [-0.15, -0.1) is 0 Å². The van der Waals surface area contributed by atoms with Crippen LogP contribution in [0.2, 0.25) is 10.2 Å². The summed E-state index contributed by atoms with van der Waals surface area (Å²) in [7, 11) is 1.69. The summed E-state index contributed by atoms with van der Waals surface area (Å²) in [6.07, 6.45) is 0. The molecule has 1 amide bonds. The summed E-state index contributed by atoms with van der Waals surface area (Å²) in [4.78, 5) is 12.2. The maximum atomic E-state index is 12.2. The number of aromatic nitrogens is 1. The fraction of sp³-hybridized carbons (Fsp3) is 0.154. The van der Waals surface area contributed by atoms with Gasteiger partial charge in [0.2, 0.25) is 0 Å². The minimum absolute atomic E-state index is 0.263. The highest BCUT2D eigenvalue weighted by molar-refractivity contribution is 9.10. The highest BCUT2D eigenvalue weighted by Gasteiger charge is 2.16. The van der Waals surface area contributed by atoms with Gasteiger partial charge in [0.25, 0.3) is 5.91 Å². The Labute approximate surface area is 129 Å². The SMILES string of the molecule is Cc1ccc(NC(=O)c2cc(Cl)c(Cl)n2C)c(Br)c1. The summed E-state index contributed by atoms with van der Waals surface area (Å²) in [6.45, 7) is 1.98. The predicted molar refractivity (Wildman–Crippen MR) is 82.3 cm³/mol. The van der Waals surface area contributed by atoms with E-state index < -0.39 is 0 Å². The summed E-state index contributed by atoms with van der Waals surface area (Å²) in [6, 6.07) is 7.23. The second-order valence-electron chi connectivity index (χ2n) is 4.16. The van der Waals surface area contributed by atoms with E-state index >= 15 is 0 Å². The number of halogens is 3. The van der Waals surface area contributed by atoms with Gasteiger partial charge in [0.15, 0.2) is 0 Å². The smallest absolute Gasteiger partial charge is 0.272 e. The topological polar surface area (TPSA) is 34.0 Å². The van der Waals surface area contributed by atoms with Crippen LogP contribution in [0.3, 0.4) is 0 Å². The van der Waals surface area contributed by atoms with E-state index in [1.165, 1.54) is 0 Å². The molecule has 1 heterocycles. The molecule has 6 heteroatoms. The number of amides is 1. The van der Waals surface area contributed by atoms with E-state index in [1.54, 1.807) is 17.7 Å². The number of hydrogen-bond donors (Lipinski definition) is 1. The minimum Gasteiger partial charge on any atom is -0.329 e. The normalized spacial score (nSPS) is 10.6. The van der Waals surface area contributed by atoms with E-state index in [-0.39, 0.29) is 5.91 Å². The number of hydrogen-bond acceptors (Lipinski definition) is 1. The first-order valence-corrected chi connectivity index (χ1v) is 7.03. The standard InChI is InChI=1S/C13H11BrCl2N2O/c1-7-3-4-10(8(14)5-7)17-13(19)11-6-9(15)12(16)18(11)2/h3-6H,1-2H3,(H,17,19). The average molecular weight is 362 g/mol. The average Bonchev–Trinajstić information content (AvgIpc) is 2.60. The molecule has 0 aliphatic carbocycles. The van der Waals surface area contributed by atoms with Crippen molar-refractivity contribution in [3.8, 4) is 0 Å². The quantitative estimate of drug-likeness (QED) is 0.829. The third-order valence-corrected chi connectivity index (χ3v) is 4.22. The molecule has 0 saturated heterocycles. The van der Waals surface area contributed by atoms with Gasteiger partial charge in [-0.3, -0.25) is 4.79 Å². The summed E-state index contributed by atoms with van der Waals surface area (Å²) < 4.78 is 2.37. The van der Waals surface area contributed by atoms with E-state index in [9.17, 15) is 4.79 Å². The lowest BCUT2D eigenvalue weighted by Crippen LogP contribution is -2.15. The Morgan fingerprint density at radius 1 is 1.32 bits per heavy atom. The molecule has 19 heavy (non-hydrogen) atoms. The van der Waals surface area contributed by atoms with Gasteiger partial charge in [-0.1, -0.05) is 29.3 Å². The second kappa shape index (κ2) is 5.57. The van der Waals surface area contributed by atoms with Gasteiger partial charge in [-0.2, -0.15) is 0 Å². The summed E-state index contributed by atoms with van der Waals surface area (Å²) in [5, 5.41) is 3.51. The minimum atomic E-state index is -0.263. The molecule has 0 aliphatic rings. The molecule has 0 atom stereocenters. The van der Waals surface area contributed by atoms with Crippen LogP contribution < -0.4 is 5.32 Å². The number of anilines is 1. The Kier molecular flexibility index (Phi) is 4.23. The van der Waals surface area contributed by atoms with Crippen LogP contribution in [0.15, 0.2) is 28.7 Å². The van der Waals surface area contributed by atoms with Crippen LogP contribution in [-0.2, 0) is 7.05 Å². The predicted octanol–water partition coefficient (Wildman–Crippen LogP) is 4.66. The van der Waals surface area contributed by atoms with Crippen molar-refractivity contribution >= 4 is 50.7 Å². The fourth-order valence-electron chi connectivity index (χ4n) is 1.67. The van der Waals surface area contributed by atoms with Crippen molar-refractivity contribution in [3.05, 3.63) is 50.2 Å². The van der Waals surface area contributed by atoms with Crippen LogP contribution in [0.25, 0.3) is 0 Å². The van der Waals surface area contributed by atoms with Crippen LogP contribution in [0.5, 0.6) is 0 Å². The van der Waals surface area contributed by atoms with Crippen LogP contribution in [0.4, 0.5) is 5.69 Å². The van der Waals surface area contributed by atoms with E-state index in [0.29, 0.717) is 21.6 Å². The lowest BCUT2D eigenvalue weighted by molar-refractivity contribution is 0.101. The summed E-state index contributed by atoms with van der Waals surface area (Å²) in [5.74, 6) is -0.263. The van der Waals surface area contributed by atoms with Crippen molar-refractivity contribution in [1.82, 2.24) is 4.57 Å². The zero-order chi connectivity index (χ0) is 14.2. The third kappa shape index (κ3) is 2.96. The monoisotopic (exact) mass is 360 g/mol. The Morgan fingerprint density at radius 3 is 2.53 bits per heavy atom. The van der Waals surface area contributed by atoms with Crippen molar-refractivity contribution in [3.63, 3.8) is 0 Å². The van der Waals surface area contributed by atoms with Crippen molar-refractivity contribution in [2.45, 2.75) is 6.92 Å². The Bertz CT molecular complexity index is 652. The first-order chi connectivity index (χ1) is 8.90. The molecule has 2 aromatic rings. The molecule has 1 aromatic carbocycles. The number of rotatable bonds is 2. The van der Waals surface area contributed by atoms with Crippen molar-refractivity contribution in [2.24, 2.45) is 7.05 Å². The number of carbonyl (C=O) groups is 1. The van der Waals surface area contributed by atoms with E-state index in [2.05, 4.69) is 21.2 Å². The van der Waals surface area contributed by atoms with Crippen LogP contribution in [0.1, 0.15) is 16.1 Å². The van der Waals surface area contributed by atoms with Gasteiger partial charge >= 0.3 is 0 Å². The summed E-state index contributed by atoms with van der Waals surface area (Å²) in [5.41, 5.74) is 2.21. The molecule has 0 aliphatic heterocycles. The highest BCUT2D eigenvalue weighted by atomic mass is 79.9. The molecule has 2 rings (SSSR count). The summed E-state index contributed by atoms with van der Waals surface area (Å²) >= 11 is 15.2. The van der Waals surface area contributed by atoms with Gasteiger partial charge in [0.05, 0.1) is 10.7 Å². The second-order valence-corrected chi connectivity index (χ2v) is 5.78. The molecule has 0 unspecified atom stereocenters. The molecule has 100 valence electrons. The Hall–Kier alpha value is -0.970. The first kappa shape index (κ1) is 14.4. The molecule has 1 N–H and O–H groups in total. The third-order valence-electron chi connectivity index (χ3n) is 2.72. The first-order valence-electron chi connectivity index (χ1n) is 5.48. The zero-order valence-electron chi connectivity index (χ0n) is 10.3. The number of nitrogens with zero attached hydrogens (tertiary/aromatic N) is 1. The van der Waals surface area contributed by atoms with Gasteiger partial charge in [-0.05, 0) is 46.6 Å². The Morgan fingerprint density at radius 2 is 2.00 bits per heavy atom. The molecule has 0 spiro atoms. The highest BCUT2D eigenvalue weighted by Crippen LogP contribution is 2.27. The van der Waals surface area contributed by atoms with Crippen LogP contribution >= 0.6 is 39.1 Å². The molecule has 0 bridgehead atoms. The van der Waals surface area contributed by atoms with Crippen LogP contribution in [-0.4, -0.2) is 10.5 Å². The molecule has 0 fully saturated rings. The number of benzene rings is 1. The number of nitrogens with one attached hydrogen (secondary N) is 1. The number of carbonyl (C=O) groups excluding carboxylic acids is 1. The lowest BCUT2D eigenvalue weighted by atomic mass is 10.2. The van der Waals surface area contributed by atoms with Crippen molar-refractivity contribution < 1.29 is 4.79 Å². The van der Waals surface area contributed by atoms with Gasteiger partial charge < -0.3 is 9.88 Å². The van der Waals surface area contributed by atoms with E-state index in [4.69, 9.17) is 23.2 Å². The largest absolute Gasteiger partial charge is 0.329 e. The molecule has 1 aromatic heterocycles. The van der Waals surface area contributed by atoms with E-state index in [0.717, 1.165) is 10.0 Å². The van der Waals surface area contributed by atoms with Crippen molar-refractivity contribution in [2.75, 3.05) is 5.32 Å². The zero-order valence-corrected chi connectivity index (χ0v) is 13.4. The van der Waals surface area contributed by atoms with Crippen LogP contribution in [0, 0.1) is 6.92 Å². The van der Waals surface area contributed by atoms with Crippen molar-refractivity contribution in [1.29, 1.82) is 0 Å². The van der Waals surface area contributed by atoms with Gasteiger partial charge in [0.1, 0.15) is 10.8 Å². The Balaban J connectivity index is 2.28. The fourth-order valence-corrected chi connectivity index (χ4v) is 2.64.